The van der Waals surface area contributed by atoms with E-state index < -0.39 is 0 Å². The number of nitrogens with zero attached hydrogens (tertiary/aromatic N) is 1. The maximum atomic E-state index is 13.1. The molecule has 1 fully saturated rings. The Labute approximate surface area is 208 Å². The van der Waals surface area contributed by atoms with Gasteiger partial charge in [-0.3, -0.25) is 9.69 Å². The van der Waals surface area contributed by atoms with Crippen molar-refractivity contribution in [3.8, 4) is 11.5 Å². The predicted octanol–water partition coefficient (Wildman–Crippen LogP) is 6.95. The molecule has 1 heterocycles. The highest BCUT2D eigenvalue weighted by Crippen LogP contribution is 2.38. The molecule has 3 aromatic carbocycles. The number of methoxy groups -OCH3 is 1. The number of anilines is 1. The topological polar surface area (TPSA) is 38.8 Å². The minimum Gasteiger partial charge on any atom is -0.493 e. The van der Waals surface area contributed by atoms with E-state index in [1.54, 1.807) is 12.0 Å². The van der Waals surface area contributed by atoms with Crippen LogP contribution in [0.1, 0.15) is 22.3 Å². The number of aryl methyl sites for hydroxylation is 2. The molecule has 0 saturated carbocycles. The number of ether oxygens (including phenoxy) is 2. The second kappa shape index (κ2) is 10.00. The molecule has 1 aliphatic heterocycles. The summed E-state index contributed by atoms with van der Waals surface area (Å²) in [6.45, 7) is 4.39. The number of hydrogen-bond donors (Lipinski definition) is 0. The van der Waals surface area contributed by atoms with E-state index in [4.69, 9.17) is 33.3 Å². The molecule has 0 bridgehead atoms. The Morgan fingerprint density at radius 3 is 2.55 bits per heavy atom. The molecule has 7 heteroatoms. The molecular formula is C26H22ClNO3S2. The number of rotatable bonds is 6. The van der Waals surface area contributed by atoms with Crippen molar-refractivity contribution in [2.45, 2.75) is 20.5 Å². The van der Waals surface area contributed by atoms with Crippen molar-refractivity contribution < 1.29 is 14.3 Å². The summed E-state index contributed by atoms with van der Waals surface area (Å²) in [5.41, 5.74) is 4.77. The van der Waals surface area contributed by atoms with Gasteiger partial charge in [0.25, 0.3) is 5.91 Å². The molecule has 168 valence electrons. The Hall–Kier alpha value is -2.80. The SMILES string of the molecule is COc1cc(C=C2SC(=S)N(c3ccc(C)c(C)c3)C2=O)ccc1OCc1ccccc1Cl. The standard InChI is InChI=1S/C26H22ClNO3S2/c1-16-8-10-20(12-17(16)2)28-25(29)24(33-26(28)32)14-18-9-11-22(23(13-18)30-3)31-15-19-6-4-5-7-21(19)27/h4-14H,15H2,1-3H3. The zero-order valence-corrected chi connectivity index (χ0v) is 20.8. The molecule has 0 radical (unpaired) electrons. The van der Waals surface area contributed by atoms with Crippen molar-refractivity contribution in [2.24, 2.45) is 0 Å². The van der Waals surface area contributed by atoms with Gasteiger partial charge in [0, 0.05) is 10.6 Å². The number of halogens is 1. The Morgan fingerprint density at radius 1 is 1.03 bits per heavy atom. The number of benzene rings is 3. The molecule has 0 unspecified atom stereocenters. The monoisotopic (exact) mass is 495 g/mol. The molecule has 0 spiro atoms. The van der Waals surface area contributed by atoms with Gasteiger partial charge < -0.3 is 9.47 Å². The summed E-state index contributed by atoms with van der Waals surface area (Å²) in [5, 5.41) is 0.652. The molecule has 0 N–H and O–H groups in total. The van der Waals surface area contributed by atoms with Crippen molar-refractivity contribution in [2.75, 3.05) is 12.0 Å². The summed E-state index contributed by atoms with van der Waals surface area (Å²) in [6.07, 6.45) is 1.82. The Kier molecular flexibility index (Phi) is 7.08. The first-order chi connectivity index (χ1) is 15.9. The van der Waals surface area contributed by atoms with E-state index in [1.165, 1.54) is 17.3 Å². The lowest BCUT2D eigenvalue weighted by Crippen LogP contribution is -2.27. The molecule has 0 aromatic heterocycles. The molecule has 1 saturated heterocycles. The first-order valence-electron chi connectivity index (χ1n) is 10.3. The van der Waals surface area contributed by atoms with Crippen LogP contribution in [0.2, 0.25) is 5.02 Å². The molecule has 1 aliphatic rings. The van der Waals surface area contributed by atoms with Gasteiger partial charge in [-0.05, 0) is 66.9 Å². The summed E-state index contributed by atoms with van der Waals surface area (Å²) in [4.78, 5) is 15.3. The lowest BCUT2D eigenvalue weighted by molar-refractivity contribution is -0.113. The van der Waals surface area contributed by atoms with E-state index >= 15 is 0 Å². The third-order valence-electron chi connectivity index (χ3n) is 5.37. The Balaban J connectivity index is 1.55. The van der Waals surface area contributed by atoms with E-state index in [1.807, 2.05) is 80.6 Å². The van der Waals surface area contributed by atoms with Crippen LogP contribution in [0.15, 0.2) is 65.6 Å². The maximum absolute atomic E-state index is 13.1. The molecule has 3 aromatic rings. The van der Waals surface area contributed by atoms with Gasteiger partial charge in [-0.1, -0.05) is 65.9 Å². The molecule has 0 atom stereocenters. The molecule has 0 aliphatic carbocycles. The Bertz CT molecular complexity index is 1270. The lowest BCUT2D eigenvalue weighted by atomic mass is 10.1. The van der Waals surface area contributed by atoms with Crippen LogP contribution in [0.25, 0.3) is 6.08 Å². The molecule has 1 amide bonds. The molecule has 4 rings (SSSR count). The van der Waals surface area contributed by atoms with E-state index in [-0.39, 0.29) is 5.91 Å². The zero-order valence-electron chi connectivity index (χ0n) is 18.4. The van der Waals surface area contributed by atoms with E-state index in [2.05, 4.69) is 0 Å². The van der Waals surface area contributed by atoms with Gasteiger partial charge in [0.1, 0.15) is 6.61 Å². The van der Waals surface area contributed by atoms with Crippen LogP contribution in [-0.2, 0) is 11.4 Å². The van der Waals surface area contributed by atoms with Crippen LogP contribution in [0.5, 0.6) is 11.5 Å². The van der Waals surface area contributed by atoms with Gasteiger partial charge in [0.15, 0.2) is 15.8 Å². The van der Waals surface area contributed by atoms with Crippen molar-refractivity contribution >= 4 is 57.6 Å². The number of thioether (sulfide) groups is 1. The highest BCUT2D eigenvalue weighted by molar-refractivity contribution is 8.27. The van der Waals surface area contributed by atoms with Gasteiger partial charge in [0.05, 0.1) is 17.7 Å². The van der Waals surface area contributed by atoms with Crippen molar-refractivity contribution in [3.63, 3.8) is 0 Å². The third-order valence-corrected chi connectivity index (χ3v) is 7.04. The largest absolute Gasteiger partial charge is 0.493 e. The zero-order chi connectivity index (χ0) is 23.5. The van der Waals surface area contributed by atoms with Gasteiger partial charge in [-0.15, -0.1) is 0 Å². The van der Waals surface area contributed by atoms with Gasteiger partial charge in [0.2, 0.25) is 0 Å². The first-order valence-corrected chi connectivity index (χ1v) is 11.9. The van der Waals surface area contributed by atoms with Gasteiger partial charge >= 0.3 is 0 Å². The average Bonchev–Trinajstić information content (AvgIpc) is 3.08. The van der Waals surface area contributed by atoms with E-state index in [0.717, 1.165) is 22.4 Å². The molecular weight excluding hydrogens is 474 g/mol. The number of hydrogen-bond acceptors (Lipinski definition) is 5. The van der Waals surface area contributed by atoms with E-state index in [9.17, 15) is 4.79 Å². The lowest BCUT2D eigenvalue weighted by Gasteiger charge is -2.16. The number of amides is 1. The van der Waals surface area contributed by atoms with Crippen LogP contribution in [0.3, 0.4) is 0 Å². The average molecular weight is 496 g/mol. The van der Waals surface area contributed by atoms with E-state index in [0.29, 0.717) is 32.4 Å². The van der Waals surface area contributed by atoms with Gasteiger partial charge in [-0.25, -0.2) is 0 Å². The minimum atomic E-state index is -0.133. The summed E-state index contributed by atoms with van der Waals surface area (Å²) in [5.74, 6) is 1.03. The highest BCUT2D eigenvalue weighted by Gasteiger charge is 2.33. The van der Waals surface area contributed by atoms with Crippen molar-refractivity contribution in [1.82, 2.24) is 0 Å². The number of thiocarbonyl (C=S) groups is 1. The number of carbonyl (C=O) groups is 1. The fourth-order valence-corrected chi connectivity index (χ4v) is 4.86. The van der Waals surface area contributed by atoms with Crippen LogP contribution >= 0.6 is 35.6 Å². The van der Waals surface area contributed by atoms with Crippen LogP contribution in [0.4, 0.5) is 5.69 Å². The van der Waals surface area contributed by atoms with Gasteiger partial charge in [-0.2, -0.15) is 0 Å². The highest BCUT2D eigenvalue weighted by atomic mass is 35.5. The second-order valence-electron chi connectivity index (χ2n) is 7.58. The predicted molar refractivity (Wildman–Crippen MR) is 140 cm³/mol. The maximum Gasteiger partial charge on any atom is 0.270 e. The summed E-state index contributed by atoms with van der Waals surface area (Å²) in [7, 11) is 1.58. The summed E-state index contributed by atoms with van der Waals surface area (Å²) < 4.78 is 12.0. The number of carbonyl (C=O) groups excluding carboxylic acids is 1. The second-order valence-corrected chi connectivity index (χ2v) is 9.66. The fraction of sp³-hybridized carbons (Fsp3) is 0.154. The Morgan fingerprint density at radius 2 is 1.82 bits per heavy atom. The first kappa shape index (κ1) is 23.4. The minimum absolute atomic E-state index is 0.133. The fourth-order valence-electron chi connectivity index (χ4n) is 3.37. The molecule has 4 nitrogen and oxygen atoms in total. The normalized spacial score (nSPS) is 14.8. The van der Waals surface area contributed by atoms with Crippen molar-refractivity contribution in [3.05, 3.63) is 92.8 Å². The quantitative estimate of drug-likeness (QED) is 0.273. The summed E-state index contributed by atoms with van der Waals surface area (Å²) >= 11 is 13.0. The summed E-state index contributed by atoms with van der Waals surface area (Å²) in [6, 6.07) is 19.0. The van der Waals surface area contributed by atoms with Crippen LogP contribution in [0, 0.1) is 13.8 Å². The molecule has 33 heavy (non-hydrogen) atoms. The van der Waals surface area contributed by atoms with Crippen LogP contribution in [-0.4, -0.2) is 17.3 Å². The van der Waals surface area contributed by atoms with Crippen molar-refractivity contribution in [1.29, 1.82) is 0 Å². The third kappa shape index (κ3) is 5.08. The van der Waals surface area contributed by atoms with Crippen LogP contribution < -0.4 is 14.4 Å². The smallest absolute Gasteiger partial charge is 0.270 e.